The zero-order chi connectivity index (χ0) is 10.3. The maximum Gasteiger partial charge on any atom is 0.234 e. The molecule has 78 valence electrons. The van der Waals surface area contributed by atoms with E-state index in [0.29, 0.717) is 23.5 Å². The molecule has 0 aromatic heterocycles. The summed E-state index contributed by atoms with van der Waals surface area (Å²) in [6.45, 7) is 4.84. The van der Waals surface area contributed by atoms with Crippen molar-refractivity contribution in [3.05, 3.63) is 0 Å². The Bertz CT molecular complexity index is 154. The van der Waals surface area contributed by atoms with Crippen molar-refractivity contribution >= 4 is 17.7 Å². The Hall–Kier alpha value is -0.260. The van der Waals surface area contributed by atoms with E-state index >= 15 is 0 Å². The molecule has 0 aliphatic carbocycles. The van der Waals surface area contributed by atoms with Gasteiger partial charge in [-0.3, -0.25) is 10.2 Å². The second-order valence-electron chi connectivity index (χ2n) is 3.11. The summed E-state index contributed by atoms with van der Waals surface area (Å²) in [5, 5.41) is 0.802. The molecule has 0 heterocycles. The van der Waals surface area contributed by atoms with Gasteiger partial charge in [-0.2, -0.15) is 11.8 Å². The third kappa shape index (κ3) is 6.86. The van der Waals surface area contributed by atoms with Gasteiger partial charge in [0.2, 0.25) is 5.91 Å². The molecule has 5 N–H and O–H groups in total. The number of amides is 1. The lowest BCUT2D eigenvalue weighted by molar-refractivity contribution is -0.121. The van der Waals surface area contributed by atoms with Crippen molar-refractivity contribution in [2.45, 2.75) is 37.2 Å². The van der Waals surface area contributed by atoms with Crippen LogP contribution in [0.3, 0.4) is 0 Å². The molecular formula is C8H19N3OS. The predicted octanol–water partition coefficient (Wildman–Crippen LogP) is 0.225. The third-order valence-electron chi connectivity index (χ3n) is 1.67. The molecule has 0 spiro atoms. The van der Waals surface area contributed by atoms with E-state index in [2.05, 4.69) is 12.3 Å². The van der Waals surface area contributed by atoms with Crippen molar-refractivity contribution in [1.29, 1.82) is 0 Å². The second-order valence-corrected chi connectivity index (χ2v) is 4.99. The Morgan fingerprint density at radius 2 is 2.08 bits per heavy atom. The van der Waals surface area contributed by atoms with E-state index in [4.69, 9.17) is 11.6 Å². The van der Waals surface area contributed by atoms with Crippen LogP contribution >= 0.6 is 11.8 Å². The Balaban J connectivity index is 3.60. The normalized spacial score (nSPS) is 15.1. The zero-order valence-corrected chi connectivity index (χ0v) is 9.06. The minimum atomic E-state index is -0.111. The van der Waals surface area contributed by atoms with Crippen LogP contribution in [0.1, 0.15) is 26.7 Å². The van der Waals surface area contributed by atoms with Gasteiger partial charge in [0.15, 0.2) is 0 Å². The highest BCUT2D eigenvalue weighted by atomic mass is 32.2. The lowest BCUT2D eigenvalue weighted by Gasteiger charge is -2.15. The van der Waals surface area contributed by atoms with E-state index in [1.54, 1.807) is 11.8 Å². The molecule has 0 bridgehead atoms. The van der Waals surface area contributed by atoms with Gasteiger partial charge in [0.25, 0.3) is 0 Å². The van der Waals surface area contributed by atoms with Crippen LogP contribution in [0.4, 0.5) is 0 Å². The molecule has 0 saturated carbocycles. The molecule has 0 saturated heterocycles. The molecule has 2 atom stereocenters. The fraction of sp³-hybridized carbons (Fsp3) is 0.875. The summed E-state index contributed by atoms with van der Waals surface area (Å²) in [5.41, 5.74) is 7.54. The van der Waals surface area contributed by atoms with Crippen LogP contribution < -0.4 is 17.0 Å². The van der Waals surface area contributed by atoms with Gasteiger partial charge < -0.3 is 5.73 Å². The number of nitrogens with two attached hydrogens (primary N) is 2. The number of hydrazine groups is 1. The van der Waals surface area contributed by atoms with E-state index < -0.39 is 0 Å². The quantitative estimate of drug-likeness (QED) is 0.329. The highest BCUT2D eigenvalue weighted by Gasteiger charge is 2.11. The third-order valence-corrected chi connectivity index (χ3v) is 3.00. The minimum absolute atomic E-state index is 0.111. The fourth-order valence-corrected chi connectivity index (χ4v) is 2.38. The second kappa shape index (κ2) is 7.17. The Labute approximate surface area is 83.8 Å². The molecule has 5 heteroatoms. The van der Waals surface area contributed by atoms with Gasteiger partial charge in [0, 0.05) is 16.9 Å². The van der Waals surface area contributed by atoms with E-state index in [0.717, 1.165) is 6.42 Å². The molecule has 0 fully saturated rings. The van der Waals surface area contributed by atoms with Crippen molar-refractivity contribution in [2.24, 2.45) is 11.6 Å². The van der Waals surface area contributed by atoms with Gasteiger partial charge >= 0.3 is 0 Å². The molecule has 2 unspecified atom stereocenters. The molecule has 0 aliphatic heterocycles. The topological polar surface area (TPSA) is 81.1 Å². The lowest BCUT2D eigenvalue weighted by Crippen LogP contribution is -2.32. The number of carbonyl (C=O) groups is 1. The summed E-state index contributed by atoms with van der Waals surface area (Å²) in [4.78, 5) is 10.9. The number of carbonyl (C=O) groups excluding carboxylic acids is 1. The zero-order valence-electron chi connectivity index (χ0n) is 8.25. The maximum atomic E-state index is 10.9. The molecule has 0 aliphatic rings. The van der Waals surface area contributed by atoms with Gasteiger partial charge in [-0.15, -0.1) is 0 Å². The van der Waals surface area contributed by atoms with Crippen LogP contribution in [-0.2, 0) is 4.79 Å². The van der Waals surface area contributed by atoms with Crippen LogP contribution in [-0.4, -0.2) is 23.0 Å². The lowest BCUT2D eigenvalue weighted by atomic mass is 10.3. The number of nitrogens with one attached hydrogen (secondary N) is 1. The summed E-state index contributed by atoms with van der Waals surface area (Å²) in [7, 11) is 0. The molecule has 0 aromatic carbocycles. The average molecular weight is 205 g/mol. The van der Waals surface area contributed by atoms with Crippen LogP contribution in [0.25, 0.3) is 0 Å². The molecule has 1 amide bonds. The first kappa shape index (κ1) is 12.7. The highest BCUT2D eigenvalue weighted by molar-refractivity contribution is 8.00. The standard InChI is InChI=1S/C8H19N3OS/c1-6(3-4-9)13-7(2)5-8(12)11-10/h6-7H,3-5,9-10H2,1-2H3,(H,11,12). The summed E-state index contributed by atoms with van der Waals surface area (Å²) in [6.07, 6.45) is 1.45. The monoisotopic (exact) mass is 205 g/mol. The summed E-state index contributed by atoms with van der Waals surface area (Å²) in [6, 6.07) is 0. The molecular weight excluding hydrogens is 186 g/mol. The van der Waals surface area contributed by atoms with E-state index in [9.17, 15) is 4.79 Å². The smallest absolute Gasteiger partial charge is 0.234 e. The molecule has 0 radical (unpaired) electrons. The van der Waals surface area contributed by atoms with E-state index in [1.165, 1.54) is 0 Å². The first-order valence-electron chi connectivity index (χ1n) is 4.45. The van der Waals surface area contributed by atoms with Gasteiger partial charge in [0.05, 0.1) is 0 Å². The molecule has 4 nitrogen and oxygen atoms in total. The summed E-state index contributed by atoms with van der Waals surface area (Å²) in [5.74, 6) is 4.87. The number of rotatable bonds is 6. The predicted molar refractivity (Wildman–Crippen MR) is 57.1 cm³/mol. The van der Waals surface area contributed by atoms with E-state index in [-0.39, 0.29) is 5.91 Å². The van der Waals surface area contributed by atoms with Gasteiger partial charge in [-0.05, 0) is 13.0 Å². The Morgan fingerprint density at radius 3 is 2.54 bits per heavy atom. The van der Waals surface area contributed by atoms with Crippen LogP contribution in [0.15, 0.2) is 0 Å². The van der Waals surface area contributed by atoms with Crippen LogP contribution in [0.5, 0.6) is 0 Å². The first-order valence-corrected chi connectivity index (χ1v) is 5.39. The highest BCUT2D eigenvalue weighted by Crippen LogP contribution is 2.21. The van der Waals surface area contributed by atoms with Gasteiger partial charge in [0.1, 0.15) is 0 Å². The van der Waals surface area contributed by atoms with E-state index in [1.807, 2.05) is 6.92 Å². The number of hydrogen-bond acceptors (Lipinski definition) is 4. The summed E-state index contributed by atoms with van der Waals surface area (Å²) < 4.78 is 0. The van der Waals surface area contributed by atoms with Crippen LogP contribution in [0, 0.1) is 0 Å². The maximum absolute atomic E-state index is 10.9. The van der Waals surface area contributed by atoms with Crippen LogP contribution in [0.2, 0.25) is 0 Å². The molecule has 0 rings (SSSR count). The minimum Gasteiger partial charge on any atom is -0.330 e. The first-order chi connectivity index (χ1) is 6.10. The van der Waals surface area contributed by atoms with Gasteiger partial charge in [-0.25, -0.2) is 5.84 Å². The van der Waals surface area contributed by atoms with Crippen molar-refractivity contribution in [3.63, 3.8) is 0 Å². The van der Waals surface area contributed by atoms with Crippen molar-refractivity contribution in [2.75, 3.05) is 6.54 Å². The number of thioether (sulfide) groups is 1. The fourth-order valence-electron chi connectivity index (χ4n) is 1.07. The molecule has 13 heavy (non-hydrogen) atoms. The van der Waals surface area contributed by atoms with Gasteiger partial charge in [-0.1, -0.05) is 13.8 Å². The number of hydrogen-bond donors (Lipinski definition) is 3. The largest absolute Gasteiger partial charge is 0.330 e. The summed E-state index contributed by atoms with van der Waals surface area (Å²) >= 11 is 1.77. The SMILES string of the molecule is CC(CCN)SC(C)CC(=O)NN. The van der Waals surface area contributed by atoms with Crippen molar-refractivity contribution in [1.82, 2.24) is 5.43 Å². The Morgan fingerprint density at radius 1 is 1.46 bits per heavy atom. The van der Waals surface area contributed by atoms with Crippen molar-refractivity contribution < 1.29 is 4.79 Å². The Kier molecular flexibility index (Phi) is 7.03. The average Bonchev–Trinajstić information content (AvgIpc) is 2.04. The van der Waals surface area contributed by atoms with Crippen molar-refractivity contribution in [3.8, 4) is 0 Å². The molecule has 0 aromatic rings.